The predicted octanol–water partition coefficient (Wildman–Crippen LogP) is 3.80. The van der Waals surface area contributed by atoms with Crippen molar-refractivity contribution in [3.63, 3.8) is 0 Å². The Bertz CT molecular complexity index is 994. The molecule has 0 unspecified atom stereocenters. The zero-order chi connectivity index (χ0) is 20.4. The minimum atomic E-state index is -0.0389. The lowest BCUT2D eigenvalue weighted by atomic mass is 9.96. The van der Waals surface area contributed by atoms with Gasteiger partial charge in [0, 0.05) is 48.5 Å². The Labute approximate surface area is 178 Å². The average molecular weight is 455 g/mol. The number of hydrogen-bond donors (Lipinski definition) is 1. The van der Waals surface area contributed by atoms with Gasteiger partial charge in [-0.15, -0.1) is 0 Å². The molecule has 1 aromatic carbocycles. The second kappa shape index (κ2) is 8.32. The summed E-state index contributed by atoms with van der Waals surface area (Å²) in [6.45, 7) is 3.50. The summed E-state index contributed by atoms with van der Waals surface area (Å²) in [6, 6.07) is 9.86. The topological polar surface area (TPSA) is 75.9 Å². The fourth-order valence-corrected chi connectivity index (χ4v) is 4.04. The van der Waals surface area contributed by atoms with Gasteiger partial charge in [-0.05, 0) is 43.5 Å². The maximum absolute atomic E-state index is 13.0. The predicted molar refractivity (Wildman–Crippen MR) is 117 cm³/mol. The molecule has 4 rings (SSSR count). The van der Waals surface area contributed by atoms with Crippen molar-refractivity contribution >= 4 is 33.6 Å². The van der Waals surface area contributed by atoms with Crippen molar-refractivity contribution in [1.29, 1.82) is 0 Å². The molecule has 1 fully saturated rings. The van der Waals surface area contributed by atoms with Gasteiger partial charge in [0.2, 0.25) is 11.9 Å². The lowest BCUT2D eigenvalue weighted by Gasteiger charge is -2.31. The maximum atomic E-state index is 13.0. The maximum Gasteiger partial charge on any atom is 0.228 e. The van der Waals surface area contributed by atoms with Crippen molar-refractivity contribution in [2.24, 2.45) is 13.0 Å². The quantitative estimate of drug-likeness (QED) is 0.648. The molecule has 3 aromatic rings. The van der Waals surface area contributed by atoms with Gasteiger partial charge in [-0.2, -0.15) is 5.10 Å². The van der Waals surface area contributed by atoms with Crippen LogP contribution in [0.1, 0.15) is 18.5 Å². The Kier molecular flexibility index (Phi) is 5.62. The van der Waals surface area contributed by atoms with Gasteiger partial charge in [0.15, 0.2) is 0 Å². The zero-order valence-corrected chi connectivity index (χ0v) is 18.1. The van der Waals surface area contributed by atoms with Gasteiger partial charge >= 0.3 is 0 Å². The van der Waals surface area contributed by atoms with Gasteiger partial charge in [-0.3, -0.25) is 9.48 Å². The second-order valence-electron chi connectivity index (χ2n) is 7.24. The molecule has 1 aliphatic rings. The highest BCUT2D eigenvalue weighted by atomic mass is 79.9. The van der Waals surface area contributed by atoms with Crippen LogP contribution in [0, 0.1) is 12.8 Å². The van der Waals surface area contributed by atoms with E-state index < -0.39 is 0 Å². The first-order valence-corrected chi connectivity index (χ1v) is 10.4. The molecule has 0 radical (unpaired) electrons. The molecule has 0 aliphatic carbocycles. The van der Waals surface area contributed by atoms with E-state index in [9.17, 15) is 4.79 Å². The van der Waals surface area contributed by atoms with Gasteiger partial charge < -0.3 is 10.2 Å². The van der Waals surface area contributed by atoms with Crippen LogP contribution in [0.3, 0.4) is 0 Å². The summed E-state index contributed by atoms with van der Waals surface area (Å²) < 4.78 is 2.76. The van der Waals surface area contributed by atoms with Crippen LogP contribution in [-0.2, 0) is 11.8 Å². The third kappa shape index (κ3) is 4.17. The largest absolute Gasteiger partial charge is 0.341 e. The molecule has 1 amide bonds. The van der Waals surface area contributed by atoms with Gasteiger partial charge in [0.1, 0.15) is 5.82 Å². The summed E-state index contributed by atoms with van der Waals surface area (Å²) in [6.07, 6.45) is 5.04. The molecule has 1 N–H and O–H groups in total. The number of carbonyl (C=O) groups excluding carboxylic acids is 1. The molecule has 7 nitrogen and oxygen atoms in total. The minimum Gasteiger partial charge on any atom is -0.341 e. The molecule has 8 heteroatoms. The molecule has 1 aliphatic heterocycles. The lowest BCUT2D eigenvalue weighted by molar-refractivity contribution is -0.120. The van der Waals surface area contributed by atoms with E-state index in [0.717, 1.165) is 59.0 Å². The van der Waals surface area contributed by atoms with E-state index in [4.69, 9.17) is 0 Å². The summed E-state index contributed by atoms with van der Waals surface area (Å²) in [7, 11) is 1.86. The van der Waals surface area contributed by atoms with Crippen LogP contribution in [0.5, 0.6) is 0 Å². The van der Waals surface area contributed by atoms with Gasteiger partial charge in [-0.25, -0.2) is 9.97 Å². The Morgan fingerprint density at radius 2 is 1.79 bits per heavy atom. The number of rotatable bonds is 4. The molecule has 0 atom stereocenters. The number of nitrogens with zero attached hydrogens (tertiary/aromatic N) is 5. The molecule has 3 heterocycles. The fourth-order valence-electron chi connectivity index (χ4n) is 3.78. The summed E-state index contributed by atoms with van der Waals surface area (Å²) >= 11 is 3.47. The Morgan fingerprint density at radius 1 is 1.14 bits per heavy atom. The first-order valence-electron chi connectivity index (χ1n) is 9.65. The summed E-state index contributed by atoms with van der Waals surface area (Å²) in [4.78, 5) is 23.7. The molecule has 1 saturated heterocycles. The monoisotopic (exact) mass is 454 g/mol. The zero-order valence-electron chi connectivity index (χ0n) is 16.5. The van der Waals surface area contributed by atoms with Gasteiger partial charge in [-0.1, -0.05) is 28.1 Å². The van der Waals surface area contributed by atoms with Crippen molar-refractivity contribution in [3.05, 3.63) is 52.9 Å². The Morgan fingerprint density at radius 3 is 2.45 bits per heavy atom. The van der Waals surface area contributed by atoms with E-state index in [1.54, 1.807) is 17.1 Å². The van der Waals surface area contributed by atoms with E-state index in [1.165, 1.54) is 0 Å². The van der Waals surface area contributed by atoms with E-state index >= 15 is 0 Å². The number of hydrogen-bond acceptors (Lipinski definition) is 5. The highest BCUT2D eigenvalue weighted by Crippen LogP contribution is 2.32. The second-order valence-corrected chi connectivity index (χ2v) is 8.15. The summed E-state index contributed by atoms with van der Waals surface area (Å²) in [5, 5.41) is 7.66. The minimum absolute atomic E-state index is 0.0389. The molecule has 0 bridgehead atoms. The van der Waals surface area contributed by atoms with Gasteiger partial charge in [0.05, 0.1) is 5.69 Å². The van der Waals surface area contributed by atoms with Crippen molar-refractivity contribution in [2.45, 2.75) is 19.8 Å². The van der Waals surface area contributed by atoms with Crippen LogP contribution in [0.4, 0.5) is 11.8 Å². The Balaban J connectivity index is 1.47. The molecular weight excluding hydrogens is 432 g/mol. The lowest BCUT2D eigenvalue weighted by Crippen LogP contribution is -2.39. The van der Waals surface area contributed by atoms with Crippen LogP contribution in [0.2, 0.25) is 0 Å². The molecule has 2 aromatic heterocycles. The summed E-state index contributed by atoms with van der Waals surface area (Å²) in [5.74, 6) is 1.47. The first kappa shape index (κ1) is 19.6. The number of aryl methyl sites for hydroxylation is 2. The summed E-state index contributed by atoms with van der Waals surface area (Å²) in [5.41, 5.74) is 2.88. The molecule has 150 valence electrons. The number of nitrogens with one attached hydrogen (secondary N) is 1. The third-order valence-corrected chi connectivity index (χ3v) is 5.83. The number of benzene rings is 1. The highest BCUT2D eigenvalue weighted by molar-refractivity contribution is 9.10. The average Bonchev–Trinajstić information content (AvgIpc) is 3.02. The van der Waals surface area contributed by atoms with Crippen LogP contribution in [0.15, 0.2) is 47.2 Å². The molecule has 29 heavy (non-hydrogen) atoms. The smallest absolute Gasteiger partial charge is 0.228 e. The van der Waals surface area contributed by atoms with Crippen LogP contribution in [-0.4, -0.2) is 38.7 Å². The van der Waals surface area contributed by atoms with E-state index in [1.807, 2.05) is 44.3 Å². The third-order valence-electron chi connectivity index (χ3n) is 5.30. The van der Waals surface area contributed by atoms with E-state index in [0.29, 0.717) is 0 Å². The number of aromatic nitrogens is 4. The van der Waals surface area contributed by atoms with Crippen molar-refractivity contribution < 1.29 is 4.79 Å². The van der Waals surface area contributed by atoms with Crippen molar-refractivity contribution in [1.82, 2.24) is 19.7 Å². The van der Waals surface area contributed by atoms with Crippen LogP contribution >= 0.6 is 15.9 Å². The normalized spacial score (nSPS) is 14.8. The van der Waals surface area contributed by atoms with E-state index in [-0.39, 0.29) is 11.8 Å². The SMILES string of the molecule is Cc1nn(C)c(NC(=O)C2CCN(c3ncccn3)CC2)c1-c1ccc(Br)cc1. The van der Waals surface area contributed by atoms with Gasteiger partial charge in [0.25, 0.3) is 0 Å². The molecule has 0 spiro atoms. The van der Waals surface area contributed by atoms with Crippen LogP contribution in [0.25, 0.3) is 11.1 Å². The standard InChI is InChI=1S/C21H23BrN6O/c1-14-18(15-4-6-17(22)7-5-15)19(27(2)26-14)25-20(29)16-8-12-28(13-9-16)21-23-10-3-11-24-21/h3-7,10-11,16H,8-9,12-13H2,1-2H3,(H,25,29). The number of carbonyl (C=O) groups is 1. The number of halogens is 1. The number of anilines is 2. The fraction of sp³-hybridized carbons (Fsp3) is 0.333. The highest BCUT2D eigenvalue weighted by Gasteiger charge is 2.28. The van der Waals surface area contributed by atoms with Crippen LogP contribution < -0.4 is 10.2 Å². The first-order chi connectivity index (χ1) is 14.0. The molecular formula is C21H23BrN6O. The molecule has 0 saturated carbocycles. The van der Waals surface area contributed by atoms with Crippen molar-refractivity contribution in [2.75, 3.05) is 23.3 Å². The number of amides is 1. The Hall–Kier alpha value is -2.74. The van der Waals surface area contributed by atoms with Crippen molar-refractivity contribution in [3.8, 4) is 11.1 Å². The number of piperidine rings is 1. The van der Waals surface area contributed by atoms with E-state index in [2.05, 4.69) is 41.2 Å².